The van der Waals surface area contributed by atoms with Gasteiger partial charge in [-0.1, -0.05) is 0 Å². The minimum Gasteiger partial charge on any atom is -0.390 e. The Morgan fingerprint density at radius 2 is 2.29 bits per heavy atom. The first kappa shape index (κ1) is 11.2. The van der Waals surface area contributed by atoms with E-state index >= 15 is 0 Å². The Morgan fingerprint density at radius 1 is 1.57 bits per heavy atom. The number of rotatable bonds is 5. The molecule has 1 aromatic heterocycles. The molecule has 4 heteroatoms. The van der Waals surface area contributed by atoms with Crippen LogP contribution in [0.2, 0.25) is 0 Å². The fraction of sp³-hybridized carbons (Fsp3) is 0.700. The van der Waals surface area contributed by atoms with Crippen LogP contribution in [0.4, 0.5) is 0 Å². The minimum absolute atomic E-state index is 0.528. The van der Waals surface area contributed by atoms with Crippen LogP contribution in [0.1, 0.15) is 25.3 Å². The summed E-state index contributed by atoms with van der Waals surface area (Å²) < 4.78 is 1.77. The number of aliphatic hydroxyl groups is 1. The molecule has 0 amide bonds. The van der Waals surface area contributed by atoms with Gasteiger partial charge in [0.2, 0.25) is 0 Å². The maximum atomic E-state index is 9.88. The summed E-state index contributed by atoms with van der Waals surface area (Å²) in [6.07, 6.45) is 6.03. The molecule has 80 valence electrons. The summed E-state index contributed by atoms with van der Waals surface area (Å²) in [5.41, 5.74) is 5.92. The molecule has 0 fully saturated rings. The average molecular weight is 197 g/mol. The fourth-order valence-electron chi connectivity index (χ4n) is 1.45. The van der Waals surface area contributed by atoms with Crippen molar-refractivity contribution in [3.05, 3.63) is 18.0 Å². The molecule has 1 rings (SSSR count). The molecule has 1 atom stereocenters. The highest BCUT2D eigenvalue weighted by Crippen LogP contribution is 2.16. The zero-order chi connectivity index (χ0) is 10.6. The average Bonchev–Trinajstić information content (AvgIpc) is 2.48. The van der Waals surface area contributed by atoms with Crippen molar-refractivity contribution in [1.82, 2.24) is 9.78 Å². The Morgan fingerprint density at radius 3 is 2.79 bits per heavy atom. The predicted octanol–water partition coefficient (Wildman–Crippen LogP) is 0.452. The van der Waals surface area contributed by atoms with E-state index < -0.39 is 5.60 Å². The van der Waals surface area contributed by atoms with Crippen LogP contribution in [0.5, 0.6) is 0 Å². The first-order chi connectivity index (χ1) is 6.53. The summed E-state index contributed by atoms with van der Waals surface area (Å²) in [5.74, 6) is 0. The highest BCUT2D eigenvalue weighted by molar-refractivity contribution is 5.04. The number of nitrogens with two attached hydrogens (primary N) is 1. The molecule has 0 aromatic carbocycles. The highest BCUT2D eigenvalue weighted by atomic mass is 16.3. The fourth-order valence-corrected chi connectivity index (χ4v) is 1.45. The van der Waals surface area contributed by atoms with Crippen LogP contribution in [0, 0.1) is 0 Å². The van der Waals surface area contributed by atoms with Crippen LogP contribution in [0.25, 0.3) is 0 Å². The summed E-state index contributed by atoms with van der Waals surface area (Å²) in [6.45, 7) is 2.36. The molecule has 14 heavy (non-hydrogen) atoms. The second kappa shape index (κ2) is 4.57. The topological polar surface area (TPSA) is 64.1 Å². The van der Waals surface area contributed by atoms with Crippen molar-refractivity contribution in [2.24, 2.45) is 12.8 Å². The monoisotopic (exact) mass is 197 g/mol. The highest BCUT2D eigenvalue weighted by Gasteiger charge is 2.18. The van der Waals surface area contributed by atoms with Crippen LogP contribution in [0.15, 0.2) is 12.4 Å². The number of nitrogens with zero attached hydrogens (tertiary/aromatic N) is 2. The molecular weight excluding hydrogens is 178 g/mol. The SMILES string of the molecule is Cn1cc(CCC(C)(O)CCN)cn1. The van der Waals surface area contributed by atoms with E-state index in [0.717, 1.165) is 18.4 Å². The molecule has 4 nitrogen and oxygen atoms in total. The van der Waals surface area contributed by atoms with Crippen molar-refractivity contribution in [2.75, 3.05) is 6.54 Å². The Labute approximate surface area is 84.7 Å². The van der Waals surface area contributed by atoms with Crippen LogP contribution < -0.4 is 5.73 Å². The van der Waals surface area contributed by atoms with Crippen molar-refractivity contribution in [2.45, 2.75) is 31.8 Å². The van der Waals surface area contributed by atoms with Gasteiger partial charge in [-0.05, 0) is 38.3 Å². The second-order valence-electron chi connectivity index (χ2n) is 4.06. The molecule has 0 aliphatic heterocycles. The largest absolute Gasteiger partial charge is 0.390 e. The predicted molar refractivity (Wildman–Crippen MR) is 55.8 cm³/mol. The second-order valence-corrected chi connectivity index (χ2v) is 4.06. The normalized spacial score (nSPS) is 15.4. The van der Waals surface area contributed by atoms with Gasteiger partial charge >= 0.3 is 0 Å². The molecule has 1 aromatic rings. The zero-order valence-corrected chi connectivity index (χ0v) is 8.90. The molecule has 1 unspecified atom stereocenters. The summed E-state index contributed by atoms with van der Waals surface area (Å²) in [7, 11) is 1.89. The van der Waals surface area contributed by atoms with Crippen molar-refractivity contribution in [3.8, 4) is 0 Å². The van der Waals surface area contributed by atoms with Crippen LogP contribution in [-0.4, -0.2) is 27.0 Å². The van der Waals surface area contributed by atoms with E-state index in [4.69, 9.17) is 5.73 Å². The number of aromatic nitrogens is 2. The molecule has 0 saturated carbocycles. The lowest BCUT2D eigenvalue weighted by Crippen LogP contribution is -2.28. The van der Waals surface area contributed by atoms with Gasteiger partial charge in [-0.3, -0.25) is 4.68 Å². The number of aryl methyl sites for hydroxylation is 2. The van der Waals surface area contributed by atoms with Gasteiger partial charge in [0.05, 0.1) is 11.8 Å². The molecule has 0 bridgehead atoms. The van der Waals surface area contributed by atoms with E-state index in [0.29, 0.717) is 13.0 Å². The number of hydrogen-bond donors (Lipinski definition) is 2. The van der Waals surface area contributed by atoms with Gasteiger partial charge in [-0.15, -0.1) is 0 Å². The van der Waals surface area contributed by atoms with Crippen molar-refractivity contribution in [3.63, 3.8) is 0 Å². The maximum Gasteiger partial charge on any atom is 0.0635 e. The van der Waals surface area contributed by atoms with Crippen LogP contribution in [-0.2, 0) is 13.5 Å². The van der Waals surface area contributed by atoms with E-state index in [-0.39, 0.29) is 0 Å². The van der Waals surface area contributed by atoms with Crippen LogP contribution >= 0.6 is 0 Å². The molecule has 0 radical (unpaired) electrons. The van der Waals surface area contributed by atoms with Crippen molar-refractivity contribution < 1.29 is 5.11 Å². The number of hydrogen-bond acceptors (Lipinski definition) is 3. The van der Waals surface area contributed by atoms with Gasteiger partial charge in [-0.2, -0.15) is 5.10 Å². The third-order valence-corrected chi connectivity index (χ3v) is 2.39. The Kier molecular flexibility index (Phi) is 3.66. The van der Waals surface area contributed by atoms with E-state index in [2.05, 4.69) is 5.10 Å². The lowest BCUT2D eigenvalue weighted by Gasteiger charge is -2.21. The van der Waals surface area contributed by atoms with Gasteiger partial charge in [0.25, 0.3) is 0 Å². The molecule has 0 aliphatic carbocycles. The van der Waals surface area contributed by atoms with Gasteiger partial charge in [0, 0.05) is 13.2 Å². The van der Waals surface area contributed by atoms with E-state index in [1.54, 1.807) is 4.68 Å². The quantitative estimate of drug-likeness (QED) is 0.720. The Hall–Kier alpha value is -0.870. The molecular formula is C10H19N3O. The molecule has 0 spiro atoms. The minimum atomic E-state index is -0.648. The molecule has 3 N–H and O–H groups in total. The van der Waals surface area contributed by atoms with Gasteiger partial charge in [-0.25, -0.2) is 0 Å². The van der Waals surface area contributed by atoms with Crippen molar-refractivity contribution >= 4 is 0 Å². The third kappa shape index (κ3) is 3.47. The summed E-state index contributed by atoms with van der Waals surface area (Å²) in [5, 5.41) is 13.9. The van der Waals surface area contributed by atoms with Crippen molar-refractivity contribution in [1.29, 1.82) is 0 Å². The summed E-state index contributed by atoms with van der Waals surface area (Å²) in [4.78, 5) is 0. The maximum absolute atomic E-state index is 9.88. The van der Waals surface area contributed by atoms with E-state index in [9.17, 15) is 5.11 Å². The summed E-state index contributed by atoms with van der Waals surface area (Å²) in [6, 6.07) is 0. The zero-order valence-electron chi connectivity index (χ0n) is 8.90. The molecule has 1 heterocycles. The Bertz CT molecular complexity index is 281. The van der Waals surface area contributed by atoms with E-state index in [1.165, 1.54) is 0 Å². The van der Waals surface area contributed by atoms with Crippen LogP contribution in [0.3, 0.4) is 0 Å². The van der Waals surface area contributed by atoms with Gasteiger partial charge < -0.3 is 10.8 Å². The first-order valence-electron chi connectivity index (χ1n) is 4.93. The molecule has 0 saturated heterocycles. The summed E-state index contributed by atoms with van der Waals surface area (Å²) >= 11 is 0. The lowest BCUT2D eigenvalue weighted by atomic mass is 9.95. The molecule has 0 aliphatic rings. The third-order valence-electron chi connectivity index (χ3n) is 2.39. The standard InChI is InChI=1S/C10H19N3O/c1-10(14,5-6-11)4-3-9-7-12-13(2)8-9/h7-8,14H,3-6,11H2,1-2H3. The lowest BCUT2D eigenvalue weighted by molar-refractivity contribution is 0.0448. The first-order valence-corrected chi connectivity index (χ1v) is 4.93. The van der Waals surface area contributed by atoms with Gasteiger partial charge in [0.15, 0.2) is 0 Å². The van der Waals surface area contributed by atoms with Gasteiger partial charge in [0.1, 0.15) is 0 Å². The van der Waals surface area contributed by atoms with E-state index in [1.807, 2.05) is 26.4 Å². The smallest absolute Gasteiger partial charge is 0.0635 e. The Balaban J connectivity index is 2.40.